The molecule has 1 N–H and O–H groups in total. The molecule has 4 rings (SSSR count). The van der Waals surface area contributed by atoms with Crippen LogP contribution in [-0.2, 0) is 17.8 Å². The molecule has 3 aromatic rings. The standard InChI is InChI=1S/C22H21NO3/c1-25-20-8-9-21-18(12-20)11-19(14-26-21)22(24)23-13-15-6-7-16-4-2-3-5-17(16)10-15/h2-10,12,19H,11,13-14H2,1H3,(H,23,24). The van der Waals surface area contributed by atoms with Crippen LogP contribution in [0.25, 0.3) is 10.8 Å². The number of methoxy groups -OCH3 is 1. The Kier molecular flexibility index (Phi) is 4.48. The summed E-state index contributed by atoms with van der Waals surface area (Å²) >= 11 is 0. The zero-order valence-corrected chi connectivity index (χ0v) is 14.7. The Hall–Kier alpha value is -3.01. The molecule has 1 heterocycles. The first-order chi connectivity index (χ1) is 12.7. The Morgan fingerprint density at radius 2 is 1.96 bits per heavy atom. The third kappa shape index (κ3) is 3.36. The van der Waals surface area contributed by atoms with Gasteiger partial charge < -0.3 is 14.8 Å². The molecule has 1 atom stereocenters. The van der Waals surface area contributed by atoms with Crippen LogP contribution in [0.1, 0.15) is 11.1 Å². The van der Waals surface area contributed by atoms with Gasteiger partial charge in [0.15, 0.2) is 0 Å². The normalized spacial score (nSPS) is 15.8. The molecule has 1 amide bonds. The van der Waals surface area contributed by atoms with Crippen molar-refractivity contribution in [2.45, 2.75) is 13.0 Å². The molecule has 0 saturated heterocycles. The maximum Gasteiger partial charge on any atom is 0.227 e. The van der Waals surface area contributed by atoms with Crippen LogP contribution in [0.3, 0.4) is 0 Å². The van der Waals surface area contributed by atoms with Crippen LogP contribution in [-0.4, -0.2) is 19.6 Å². The Bertz CT molecular complexity index is 951. The minimum Gasteiger partial charge on any atom is -0.497 e. The van der Waals surface area contributed by atoms with Gasteiger partial charge >= 0.3 is 0 Å². The maximum atomic E-state index is 12.6. The van der Waals surface area contributed by atoms with E-state index in [0.29, 0.717) is 19.6 Å². The molecular formula is C22H21NO3. The van der Waals surface area contributed by atoms with Crippen molar-refractivity contribution in [3.8, 4) is 11.5 Å². The van der Waals surface area contributed by atoms with Crippen molar-refractivity contribution in [3.05, 3.63) is 71.8 Å². The highest BCUT2D eigenvalue weighted by atomic mass is 16.5. The monoisotopic (exact) mass is 347 g/mol. The number of hydrogen-bond acceptors (Lipinski definition) is 3. The molecular weight excluding hydrogens is 326 g/mol. The summed E-state index contributed by atoms with van der Waals surface area (Å²) in [7, 11) is 1.64. The van der Waals surface area contributed by atoms with Crippen LogP contribution in [0.15, 0.2) is 60.7 Å². The molecule has 4 nitrogen and oxygen atoms in total. The lowest BCUT2D eigenvalue weighted by molar-refractivity contribution is -0.126. The van der Waals surface area contributed by atoms with E-state index in [4.69, 9.17) is 9.47 Å². The van der Waals surface area contributed by atoms with Gasteiger partial charge in [-0.05, 0) is 52.6 Å². The molecule has 0 spiro atoms. The van der Waals surface area contributed by atoms with Gasteiger partial charge in [-0.25, -0.2) is 0 Å². The number of benzene rings is 3. The van der Waals surface area contributed by atoms with Gasteiger partial charge in [-0.15, -0.1) is 0 Å². The lowest BCUT2D eigenvalue weighted by Gasteiger charge is -2.25. The molecule has 0 aromatic heterocycles. The van der Waals surface area contributed by atoms with Crippen LogP contribution in [0.4, 0.5) is 0 Å². The SMILES string of the molecule is COc1ccc2c(c1)CC(C(=O)NCc1ccc3ccccc3c1)CO2. The van der Waals surface area contributed by atoms with E-state index < -0.39 is 0 Å². The number of nitrogens with one attached hydrogen (secondary N) is 1. The second kappa shape index (κ2) is 7.08. The van der Waals surface area contributed by atoms with Crippen LogP contribution >= 0.6 is 0 Å². The minimum absolute atomic E-state index is 0.0200. The first kappa shape index (κ1) is 16.5. The fourth-order valence-electron chi connectivity index (χ4n) is 3.35. The summed E-state index contributed by atoms with van der Waals surface area (Å²) in [5, 5.41) is 5.43. The van der Waals surface area contributed by atoms with E-state index in [0.717, 1.165) is 22.6 Å². The van der Waals surface area contributed by atoms with Crippen LogP contribution < -0.4 is 14.8 Å². The fourth-order valence-corrected chi connectivity index (χ4v) is 3.35. The van der Waals surface area contributed by atoms with Crippen LogP contribution in [0.5, 0.6) is 11.5 Å². The van der Waals surface area contributed by atoms with E-state index in [-0.39, 0.29) is 11.8 Å². The molecule has 0 radical (unpaired) electrons. The molecule has 0 bridgehead atoms. The number of rotatable bonds is 4. The highest BCUT2D eigenvalue weighted by Gasteiger charge is 2.26. The first-order valence-electron chi connectivity index (χ1n) is 8.78. The molecule has 26 heavy (non-hydrogen) atoms. The van der Waals surface area contributed by atoms with Gasteiger partial charge in [0.2, 0.25) is 5.91 Å². The molecule has 1 unspecified atom stereocenters. The summed E-state index contributed by atoms with van der Waals surface area (Å²) in [6, 6.07) is 20.2. The molecule has 0 aliphatic carbocycles. The topological polar surface area (TPSA) is 47.6 Å². The summed E-state index contributed by atoms with van der Waals surface area (Å²) in [6.45, 7) is 0.925. The number of carbonyl (C=O) groups excluding carboxylic acids is 1. The van der Waals surface area contributed by atoms with Crippen molar-refractivity contribution in [2.24, 2.45) is 5.92 Å². The van der Waals surface area contributed by atoms with Crippen molar-refractivity contribution in [1.29, 1.82) is 0 Å². The summed E-state index contributed by atoms with van der Waals surface area (Å²) in [6.07, 6.45) is 0.663. The molecule has 0 fully saturated rings. The molecule has 1 aliphatic rings. The lowest BCUT2D eigenvalue weighted by atomic mass is 9.95. The van der Waals surface area contributed by atoms with E-state index >= 15 is 0 Å². The van der Waals surface area contributed by atoms with Crippen molar-refractivity contribution in [3.63, 3.8) is 0 Å². The van der Waals surface area contributed by atoms with Gasteiger partial charge in [-0.1, -0.05) is 36.4 Å². The van der Waals surface area contributed by atoms with E-state index in [2.05, 4.69) is 35.6 Å². The third-order valence-corrected chi connectivity index (χ3v) is 4.83. The summed E-state index contributed by atoms with van der Waals surface area (Å²) < 4.78 is 11.0. The summed E-state index contributed by atoms with van der Waals surface area (Å²) in [4.78, 5) is 12.6. The van der Waals surface area contributed by atoms with Crippen molar-refractivity contribution < 1.29 is 14.3 Å². The van der Waals surface area contributed by atoms with Crippen molar-refractivity contribution in [1.82, 2.24) is 5.32 Å². The number of fused-ring (bicyclic) bond motifs is 2. The van der Waals surface area contributed by atoms with E-state index in [9.17, 15) is 4.79 Å². The number of amides is 1. The Morgan fingerprint density at radius 3 is 2.81 bits per heavy atom. The quantitative estimate of drug-likeness (QED) is 0.782. The zero-order valence-electron chi connectivity index (χ0n) is 14.7. The van der Waals surface area contributed by atoms with Gasteiger partial charge in [-0.2, -0.15) is 0 Å². The largest absolute Gasteiger partial charge is 0.497 e. The Labute approximate surface area is 152 Å². The molecule has 3 aromatic carbocycles. The van der Waals surface area contributed by atoms with Gasteiger partial charge in [-0.3, -0.25) is 4.79 Å². The van der Waals surface area contributed by atoms with Crippen molar-refractivity contribution in [2.75, 3.05) is 13.7 Å². The Morgan fingerprint density at radius 1 is 1.12 bits per heavy atom. The molecule has 132 valence electrons. The number of carbonyl (C=O) groups is 1. The highest BCUT2D eigenvalue weighted by molar-refractivity contribution is 5.83. The molecule has 4 heteroatoms. The van der Waals surface area contributed by atoms with Gasteiger partial charge in [0, 0.05) is 6.54 Å². The second-order valence-electron chi connectivity index (χ2n) is 6.59. The highest BCUT2D eigenvalue weighted by Crippen LogP contribution is 2.30. The van der Waals surface area contributed by atoms with Gasteiger partial charge in [0.1, 0.15) is 18.1 Å². The van der Waals surface area contributed by atoms with Gasteiger partial charge in [0.05, 0.1) is 13.0 Å². The summed E-state index contributed by atoms with van der Waals surface area (Å²) in [5.41, 5.74) is 2.11. The van der Waals surface area contributed by atoms with Crippen LogP contribution in [0.2, 0.25) is 0 Å². The second-order valence-corrected chi connectivity index (χ2v) is 6.59. The molecule has 1 aliphatic heterocycles. The zero-order chi connectivity index (χ0) is 17.9. The van der Waals surface area contributed by atoms with E-state index in [1.54, 1.807) is 7.11 Å². The minimum atomic E-state index is -0.185. The average Bonchev–Trinajstić information content (AvgIpc) is 2.71. The Balaban J connectivity index is 1.41. The van der Waals surface area contributed by atoms with E-state index in [1.807, 2.05) is 30.3 Å². The smallest absolute Gasteiger partial charge is 0.227 e. The third-order valence-electron chi connectivity index (χ3n) is 4.83. The lowest BCUT2D eigenvalue weighted by Crippen LogP contribution is -2.37. The van der Waals surface area contributed by atoms with Crippen molar-refractivity contribution >= 4 is 16.7 Å². The molecule has 0 saturated carbocycles. The van der Waals surface area contributed by atoms with Gasteiger partial charge in [0.25, 0.3) is 0 Å². The maximum absolute atomic E-state index is 12.6. The summed E-state index contributed by atoms with van der Waals surface area (Å²) in [5.74, 6) is 1.45. The van der Waals surface area contributed by atoms with E-state index in [1.165, 1.54) is 10.8 Å². The predicted molar refractivity (Wildman–Crippen MR) is 101 cm³/mol. The first-order valence-corrected chi connectivity index (χ1v) is 8.78. The average molecular weight is 347 g/mol. The fraction of sp³-hybridized carbons (Fsp3) is 0.227. The number of hydrogen-bond donors (Lipinski definition) is 1. The van der Waals surface area contributed by atoms with Crippen LogP contribution in [0, 0.1) is 5.92 Å². The predicted octanol–water partition coefficient (Wildman–Crippen LogP) is 3.72. The number of ether oxygens (including phenoxy) is 2.